The lowest BCUT2D eigenvalue weighted by atomic mass is 10.2. The van der Waals surface area contributed by atoms with E-state index in [0.717, 1.165) is 11.0 Å². The fraction of sp³-hybridized carbons (Fsp3) is 0.133. The van der Waals surface area contributed by atoms with Crippen LogP contribution < -0.4 is 11.0 Å². The summed E-state index contributed by atoms with van der Waals surface area (Å²) in [6, 6.07) is 6.98. The van der Waals surface area contributed by atoms with Crippen molar-refractivity contribution in [2.75, 3.05) is 5.32 Å². The quantitative estimate of drug-likeness (QED) is 0.762. The fourth-order valence-electron chi connectivity index (χ4n) is 2.31. The van der Waals surface area contributed by atoms with Gasteiger partial charge in [0, 0.05) is 31.0 Å². The average Bonchev–Trinajstić information content (AvgIpc) is 2.73. The number of nitrogens with one attached hydrogen (secondary N) is 1. The SMILES string of the molecule is Cn1c(=O)n(C)c2cc(NC(=O)c3cccnc3)c(Br)cc21. The van der Waals surface area contributed by atoms with Crippen molar-refractivity contribution < 1.29 is 4.79 Å². The van der Waals surface area contributed by atoms with E-state index in [0.29, 0.717) is 15.7 Å². The van der Waals surface area contributed by atoms with Crippen molar-refractivity contribution in [2.45, 2.75) is 0 Å². The van der Waals surface area contributed by atoms with Crippen LogP contribution in [0.3, 0.4) is 0 Å². The van der Waals surface area contributed by atoms with Gasteiger partial charge in [0.05, 0.1) is 22.3 Å². The van der Waals surface area contributed by atoms with Crippen molar-refractivity contribution in [3.8, 4) is 0 Å². The van der Waals surface area contributed by atoms with Gasteiger partial charge in [0.2, 0.25) is 0 Å². The van der Waals surface area contributed by atoms with E-state index < -0.39 is 0 Å². The largest absolute Gasteiger partial charge is 0.328 e. The zero-order valence-corrected chi connectivity index (χ0v) is 13.6. The number of pyridine rings is 1. The fourth-order valence-corrected chi connectivity index (χ4v) is 2.74. The van der Waals surface area contributed by atoms with Gasteiger partial charge in [-0.05, 0) is 40.2 Å². The Morgan fingerprint density at radius 3 is 2.55 bits per heavy atom. The highest BCUT2D eigenvalue weighted by molar-refractivity contribution is 9.10. The Kier molecular flexibility index (Phi) is 3.58. The molecule has 6 nitrogen and oxygen atoms in total. The predicted molar refractivity (Wildman–Crippen MR) is 88.1 cm³/mol. The molecule has 22 heavy (non-hydrogen) atoms. The Morgan fingerprint density at radius 2 is 1.91 bits per heavy atom. The number of anilines is 1. The number of nitrogens with zero attached hydrogens (tertiary/aromatic N) is 3. The molecule has 0 spiro atoms. The zero-order chi connectivity index (χ0) is 15.9. The van der Waals surface area contributed by atoms with Gasteiger partial charge < -0.3 is 5.32 Å². The maximum Gasteiger partial charge on any atom is 0.328 e. The van der Waals surface area contributed by atoms with E-state index in [-0.39, 0.29) is 11.6 Å². The van der Waals surface area contributed by atoms with Gasteiger partial charge in [-0.25, -0.2) is 4.79 Å². The average molecular weight is 361 g/mol. The molecule has 0 bridgehead atoms. The van der Waals surface area contributed by atoms with Gasteiger partial charge in [0.1, 0.15) is 0 Å². The molecule has 0 atom stereocenters. The second-order valence-corrected chi connectivity index (χ2v) is 5.77. The van der Waals surface area contributed by atoms with Crippen LogP contribution in [0.1, 0.15) is 10.4 Å². The Morgan fingerprint density at radius 1 is 1.23 bits per heavy atom. The highest BCUT2D eigenvalue weighted by atomic mass is 79.9. The molecule has 112 valence electrons. The van der Waals surface area contributed by atoms with Crippen molar-refractivity contribution in [1.29, 1.82) is 0 Å². The van der Waals surface area contributed by atoms with Crippen molar-refractivity contribution in [1.82, 2.24) is 14.1 Å². The third-order valence-corrected chi connectivity index (χ3v) is 4.19. The number of carbonyl (C=O) groups excluding carboxylic acids is 1. The standard InChI is InChI=1S/C15H13BrN4O2/c1-19-12-6-10(16)11(7-13(12)20(2)15(19)22)18-14(21)9-4-3-5-17-8-9/h3-8H,1-2H3,(H,18,21). The summed E-state index contributed by atoms with van der Waals surface area (Å²) in [4.78, 5) is 28.1. The van der Waals surface area contributed by atoms with Crippen LogP contribution in [0.4, 0.5) is 5.69 Å². The maximum absolute atomic E-state index is 12.2. The molecule has 0 aliphatic rings. The van der Waals surface area contributed by atoms with Gasteiger partial charge in [0.25, 0.3) is 5.91 Å². The van der Waals surface area contributed by atoms with E-state index in [9.17, 15) is 9.59 Å². The van der Waals surface area contributed by atoms with Crippen molar-refractivity contribution >= 4 is 38.6 Å². The monoisotopic (exact) mass is 360 g/mol. The molecular formula is C15H13BrN4O2. The predicted octanol–water partition coefficient (Wildman–Crippen LogP) is 2.29. The molecule has 3 aromatic rings. The molecule has 1 amide bonds. The molecule has 0 aliphatic carbocycles. The highest BCUT2D eigenvalue weighted by Crippen LogP contribution is 2.28. The number of amides is 1. The molecule has 0 aliphatic heterocycles. The molecule has 7 heteroatoms. The normalized spacial score (nSPS) is 10.9. The molecule has 0 saturated carbocycles. The minimum Gasteiger partial charge on any atom is -0.321 e. The molecule has 2 heterocycles. The number of rotatable bonds is 2. The van der Waals surface area contributed by atoms with Crippen LogP contribution in [-0.4, -0.2) is 20.0 Å². The third kappa shape index (κ3) is 2.33. The lowest BCUT2D eigenvalue weighted by Gasteiger charge is -2.08. The van der Waals surface area contributed by atoms with Crippen LogP contribution in [0.5, 0.6) is 0 Å². The first kappa shape index (κ1) is 14.5. The molecule has 0 unspecified atom stereocenters. The van der Waals surface area contributed by atoms with Crippen LogP contribution in [-0.2, 0) is 14.1 Å². The lowest BCUT2D eigenvalue weighted by Crippen LogP contribution is -2.19. The molecule has 2 aromatic heterocycles. The topological polar surface area (TPSA) is 68.9 Å². The van der Waals surface area contributed by atoms with Gasteiger partial charge in [-0.3, -0.25) is 18.9 Å². The van der Waals surface area contributed by atoms with Gasteiger partial charge in [-0.2, -0.15) is 0 Å². The smallest absolute Gasteiger partial charge is 0.321 e. The lowest BCUT2D eigenvalue weighted by molar-refractivity contribution is 0.102. The Balaban J connectivity index is 2.05. The van der Waals surface area contributed by atoms with Crippen LogP contribution >= 0.6 is 15.9 Å². The first-order valence-electron chi connectivity index (χ1n) is 6.55. The second-order valence-electron chi connectivity index (χ2n) is 4.92. The van der Waals surface area contributed by atoms with Gasteiger partial charge in [0.15, 0.2) is 0 Å². The number of carbonyl (C=O) groups is 1. The van der Waals surface area contributed by atoms with Crippen LogP contribution in [0.2, 0.25) is 0 Å². The first-order valence-corrected chi connectivity index (χ1v) is 7.34. The van der Waals surface area contributed by atoms with Crippen molar-refractivity contribution in [2.24, 2.45) is 14.1 Å². The number of aromatic nitrogens is 3. The molecule has 3 rings (SSSR count). The maximum atomic E-state index is 12.2. The van der Waals surface area contributed by atoms with E-state index in [2.05, 4.69) is 26.2 Å². The number of imidazole rings is 1. The molecule has 1 aromatic carbocycles. The minimum absolute atomic E-state index is 0.113. The van der Waals surface area contributed by atoms with Crippen molar-refractivity contribution in [3.63, 3.8) is 0 Å². The third-order valence-electron chi connectivity index (χ3n) is 3.53. The number of aryl methyl sites for hydroxylation is 2. The van der Waals surface area contributed by atoms with Crippen LogP contribution in [0.25, 0.3) is 11.0 Å². The minimum atomic E-state index is -0.255. The summed E-state index contributed by atoms with van der Waals surface area (Å²) in [6.45, 7) is 0. The second kappa shape index (κ2) is 5.42. The number of benzene rings is 1. The summed E-state index contributed by atoms with van der Waals surface area (Å²) < 4.78 is 3.81. The molecule has 0 fully saturated rings. The summed E-state index contributed by atoms with van der Waals surface area (Å²) in [6.07, 6.45) is 3.11. The van der Waals surface area contributed by atoms with E-state index in [1.165, 1.54) is 6.20 Å². The summed E-state index contributed by atoms with van der Waals surface area (Å²) in [5, 5.41) is 2.82. The Hall–Kier alpha value is -2.41. The molecule has 0 radical (unpaired) electrons. The summed E-state index contributed by atoms with van der Waals surface area (Å²) in [7, 11) is 3.41. The van der Waals surface area contributed by atoms with E-state index >= 15 is 0 Å². The molecular weight excluding hydrogens is 348 g/mol. The summed E-state index contributed by atoms with van der Waals surface area (Å²) >= 11 is 3.43. The number of hydrogen-bond acceptors (Lipinski definition) is 3. The zero-order valence-electron chi connectivity index (χ0n) is 12.0. The number of fused-ring (bicyclic) bond motifs is 1. The number of halogens is 1. The van der Waals surface area contributed by atoms with Gasteiger partial charge >= 0.3 is 5.69 Å². The highest BCUT2D eigenvalue weighted by Gasteiger charge is 2.13. The van der Waals surface area contributed by atoms with Crippen LogP contribution in [0, 0.1) is 0 Å². The molecule has 0 saturated heterocycles. The number of hydrogen-bond donors (Lipinski definition) is 1. The van der Waals surface area contributed by atoms with E-state index in [4.69, 9.17) is 0 Å². The van der Waals surface area contributed by atoms with Gasteiger partial charge in [-0.15, -0.1) is 0 Å². The van der Waals surface area contributed by atoms with Crippen molar-refractivity contribution in [3.05, 3.63) is 57.2 Å². The van der Waals surface area contributed by atoms with Crippen LogP contribution in [0.15, 0.2) is 45.9 Å². The Bertz CT molecular complexity index is 928. The molecule has 1 N–H and O–H groups in total. The van der Waals surface area contributed by atoms with Gasteiger partial charge in [-0.1, -0.05) is 0 Å². The summed E-state index contributed by atoms with van der Waals surface area (Å²) in [5.41, 5.74) is 2.49. The van der Waals surface area contributed by atoms with E-state index in [1.54, 1.807) is 47.6 Å². The summed E-state index contributed by atoms with van der Waals surface area (Å²) in [5.74, 6) is -0.255. The first-order chi connectivity index (χ1) is 10.5. The Labute approximate surface area is 134 Å². The van der Waals surface area contributed by atoms with E-state index in [1.807, 2.05) is 6.07 Å².